The average Bonchev–Trinajstić information content (AvgIpc) is 2.79. The molecule has 1 heterocycles. The van der Waals surface area contributed by atoms with E-state index in [4.69, 9.17) is 9.52 Å². The van der Waals surface area contributed by atoms with E-state index in [1.165, 1.54) is 0 Å². The summed E-state index contributed by atoms with van der Waals surface area (Å²) < 4.78 is 55.2. The van der Waals surface area contributed by atoms with Crippen molar-refractivity contribution in [1.29, 1.82) is 0 Å². The van der Waals surface area contributed by atoms with E-state index in [-0.39, 0.29) is 11.7 Å². The van der Waals surface area contributed by atoms with Gasteiger partial charge in [-0.15, -0.1) is 0 Å². The van der Waals surface area contributed by atoms with Gasteiger partial charge in [0.15, 0.2) is 5.69 Å². The average molecular weight is 290 g/mol. The molecule has 1 aromatic heterocycles. The summed E-state index contributed by atoms with van der Waals surface area (Å²) in [5.41, 5.74) is -2.00. The summed E-state index contributed by atoms with van der Waals surface area (Å²) in [6.45, 7) is 0. The third-order valence-corrected chi connectivity index (χ3v) is 2.25. The highest BCUT2D eigenvalue weighted by atomic mass is 19.4. The summed E-state index contributed by atoms with van der Waals surface area (Å²) in [7, 11) is 0. The van der Waals surface area contributed by atoms with Gasteiger partial charge in [-0.3, -0.25) is 0 Å². The Morgan fingerprint density at radius 3 is 2.60 bits per heavy atom. The monoisotopic (exact) mass is 290 g/mol. The number of aromatic carboxylic acids is 1. The fraction of sp³-hybridized carbons (Fsp3) is 0.0909. The van der Waals surface area contributed by atoms with Gasteiger partial charge in [0.05, 0.1) is 5.56 Å². The van der Waals surface area contributed by atoms with Crippen LogP contribution in [0.1, 0.15) is 16.1 Å². The molecule has 9 heteroatoms. The lowest BCUT2D eigenvalue weighted by Gasteiger charge is -2.09. The van der Waals surface area contributed by atoms with Crippen LogP contribution in [0.4, 0.5) is 29.3 Å². The van der Waals surface area contributed by atoms with Crippen molar-refractivity contribution in [2.24, 2.45) is 0 Å². The second-order valence-electron chi connectivity index (χ2n) is 3.66. The van der Waals surface area contributed by atoms with Crippen LogP contribution in [-0.4, -0.2) is 16.1 Å². The second kappa shape index (κ2) is 4.83. The zero-order chi connectivity index (χ0) is 14.9. The standard InChI is InChI=1S/C11H6F4N2O3/c12-7-2-1-5(3-6(7)11(13,14)15)16-10-17-8(4-20-10)9(18)19/h1-4H,(H,16,17)(H,18,19). The number of aromatic nitrogens is 1. The number of oxazole rings is 1. The van der Waals surface area contributed by atoms with E-state index in [2.05, 4.69) is 10.3 Å². The van der Waals surface area contributed by atoms with Crippen LogP contribution in [-0.2, 0) is 6.18 Å². The molecule has 2 rings (SSSR count). The van der Waals surface area contributed by atoms with Crippen LogP contribution in [0, 0.1) is 5.82 Å². The Balaban J connectivity index is 2.27. The van der Waals surface area contributed by atoms with E-state index in [1.54, 1.807) is 0 Å². The molecular formula is C11H6F4N2O3. The van der Waals surface area contributed by atoms with Gasteiger partial charge in [0, 0.05) is 5.69 Å². The van der Waals surface area contributed by atoms with Crippen molar-refractivity contribution in [3.8, 4) is 0 Å². The third-order valence-electron chi connectivity index (χ3n) is 2.25. The molecule has 0 amide bonds. The number of carboxylic acids is 1. The molecule has 106 valence electrons. The van der Waals surface area contributed by atoms with Crippen molar-refractivity contribution in [3.05, 3.63) is 41.5 Å². The summed E-state index contributed by atoms with van der Waals surface area (Å²) in [6, 6.07) is 1.88. The highest BCUT2D eigenvalue weighted by molar-refractivity contribution is 5.85. The van der Waals surface area contributed by atoms with E-state index in [0.717, 1.165) is 12.3 Å². The number of nitrogens with zero attached hydrogens (tertiary/aromatic N) is 1. The van der Waals surface area contributed by atoms with Crippen molar-refractivity contribution in [1.82, 2.24) is 4.98 Å². The van der Waals surface area contributed by atoms with Gasteiger partial charge in [0.25, 0.3) is 6.01 Å². The van der Waals surface area contributed by atoms with E-state index >= 15 is 0 Å². The SMILES string of the molecule is O=C(O)c1coc(Nc2ccc(F)c(C(F)(F)F)c2)n1. The Morgan fingerprint density at radius 2 is 2.05 bits per heavy atom. The van der Waals surface area contributed by atoms with Crippen molar-refractivity contribution in [3.63, 3.8) is 0 Å². The quantitative estimate of drug-likeness (QED) is 0.848. The largest absolute Gasteiger partial charge is 0.476 e. The van der Waals surface area contributed by atoms with Gasteiger partial charge in [-0.25, -0.2) is 9.18 Å². The number of benzene rings is 1. The van der Waals surface area contributed by atoms with Crippen LogP contribution in [0.5, 0.6) is 0 Å². The van der Waals surface area contributed by atoms with Crippen LogP contribution in [0.25, 0.3) is 0 Å². The minimum absolute atomic E-state index is 0.141. The minimum atomic E-state index is -4.84. The number of anilines is 2. The molecule has 0 bridgehead atoms. The van der Waals surface area contributed by atoms with Gasteiger partial charge >= 0.3 is 12.1 Å². The topological polar surface area (TPSA) is 75.4 Å². The van der Waals surface area contributed by atoms with Crippen molar-refractivity contribution in [2.45, 2.75) is 6.18 Å². The van der Waals surface area contributed by atoms with Gasteiger partial charge in [-0.1, -0.05) is 0 Å². The van der Waals surface area contributed by atoms with Gasteiger partial charge in [0.1, 0.15) is 12.1 Å². The van der Waals surface area contributed by atoms with Crippen LogP contribution >= 0.6 is 0 Å². The van der Waals surface area contributed by atoms with E-state index in [9.17, 15) is 22.4 Å². The van der Waals surface area contributed by atoms with Gasteiger partial charge in [0.2, 0.25) is 0 Å². The van der Waals surface area contributed by atoms with Crippen LogP contribution in [0.15, 0.2) is 28.9 Å². The predicted molar refractivity (Wildman–Crippen MR) is 58.1 cm³/mol. The van der Waals surface area contributed by atoms with E-state index in [0.29, 0.717) is 12.1 Å². The molecule has 0 unspecified atom stereocenters. The Morgan fingerprint density at radius 1 is 1.35 bits per heavy atom. The third kappa shape index (κ3) is 2.87. The fourth-order valence-corrected chi connectivity index (χ4v) is 1.37. The molecule has 0 aliphatic rings. The number of carbonyl (C=O) groups is 1. The molecule has 20 heavy (non-hydrogen) atoms. The highest BCUT2D eigenvalue weighted by Gasteiger charge is 2.34. The van der Waals surface area contributed by atoms with Gasteiger partial charge in [-0.2, -0.15) is 18.2 Å². The predicted octanol–water partition coefficient (Wildman–Crippen LogP) is 3.27. The zero-order valence-electron chi connectivity index (χ0n) is 9.53. The molecule has 5 nitrogen and oxygen atoms in total. The van der Waals surface area contributed by atoms with Crippen LogP contribution in [0.3, 0.4) is 0 Å². The highest BCUT2D eigenvalue weighted by Crippen LogP contribution is 2.33. The maximum Gasteiger partial charge on any atom is 0.419 e. The van der Waals surface area contributed by atoms with Gasteiger partial charge in [-0.05, 0) is 18.2 Å². The number of hydrogen-bond acceptors (Lipinski definition) is 4. The van der Waals surface area contributed by atoms with Crippen molar-refractivity contribution >= 4 is 17.7 Å². The molecule has 0 spiro atoms. The number of hydrogen-bond donors (Lipinski definition) is 2. The maximum absolute atomic E-state index is 13.0. The van der Waals surface area contributed by atoms with Crippen LogP contribution in [0.2, 0.25) is 0 Å². The van der Waals surface area contributed by atoms with Crippen molar-refractivity contribution in [2.75, 3.05) is 5.32 Å². The first-order valence-corrected chi connectivity index (χ1v) is 5.10. The number of rotatable bonds is 3. The Kier molecular flexibility index (Phi) is 3.35. The van der Waals surface area contributed by atoms with Crippen molar-refractivity contribution < 1.29 is 31.9 Å². The normalized spacial score (nSPS) is 11.4. The second-order valence-corrected chi connectivity index (χ2v) is 3.66. The molecule has 0 saturated carbocycles. The molecule has 0 radical (unpaired) electrons. The molecular weight excluding hydrogens is 284 g/mol. The summed E-state index contributed by atoms with van der Waals surface area (Å²) in [5.74, 6) is -2.77. The number of alkyl halides is 3. The van der Waals surface area contributed by atoms with E-state index in [1.807, 2.05) is 0 Å². The number of carboxylic acid groups (broad SMARTS) is 1. The molecule has 2 N–H and O–H groups in total. The summed E-state index contributed by atoms with van der Waals surface area (Å²) in [6.07, 6.45) is -4.02. The fourth-order valence-electron chi connectivity index (χ4n) is 1.37. The van der Waals surface area contributed by atoms with Gasteiger partial charge < -0.3 is 14.8 Å². The number of nitrogens with one attached hydrogen (secondary N) is 1. The Bertz CT molecular complexity index is 651. The smallest absolute Gasteiger partial charge is 0.419 e. The summed E-state index contributed by atoms with van der Waals surface area (Å²) in [5, 5.41) is 10.9. The molecule has 1 aromatic carbocycles. The first kappa shape index (κ1) is 13.8. The molecule has 0 saturated heterocycles. The lowest BCUT2D eigenvalue weighted by Crippen LogP contribution is -2.08. The molecule has 0 aliphatic carbocycles. The summed E-state index contributed by atoms with van der Waals surface area (Å²) >= 11 is 0. The first-order chi connectivity index (χ1) is 9.27. The lowest BCUT2D eigenvalue weighted by atomic mass is 10.2. The molecule has 0 aliphatic heterocycles. The molecule has 0 fully saturated rings. The Hall–Kier alpha value is -2.58. The molecule has 2 aromatic rings. The number of halogens is 4. The Labute approximate surface area is 108 Å². The summed E-state index contributed by atoms with van der Waals surface area (Å²) in [4.78, 5) is 14.0. The zero-order valence-corrected chi connectivity index (χ0v) is 9.53. The van der Waals surface area contributed by atoms with E-state index < -0.39 is 29.2 Å². The molecule has 0 atom stereocenters. The van der Waals surface area contributed by atoms with Crippen LogP contribution < -0.4 is 5.32 Å². The first-order valence-electron chi connectivity index (χ1n) is 5.10. The lowest BCUT2D eigenvalue weighted by molar-refractivity contribution is -0.139. The maximum atomic E-state index is 13.0. The minimum Gasteiger partial charge on any atom is -0.476 e.